The van der Waals surface area contributed by atoms with E-state index in [1.54, 1.807) is 0 Å². The van der Waals surface area contributed by atoms with Crippen LogP contribution in [0.25, 0.3) is 0 Å². The number of hydrogen-bond acceptors (Lipinski definition) is 2. The molecule has 0 saturated carbocycles. The molecule has 0 radical (unpaired) electrons. The summed E-state index contributed by atoms with van der Waals surface area (Å²) in [6, 6.07) is 0. The Balaban J connectivity index is 2.63. The minimum atomic E-state index is 0.608. The van der Waals surface area contributed by atoms with Crippen LogP contribution in [0.15, 0.2) is 6.20 Å². The van der Waals surface area contributed by atoms with E-state index >= 15 is 0 Å². The van der Waals surface area contributed by atoms with E-state index in [-0.39, 0.29) is 0 Å². The van der Waals surface area contributed by atoms with Crippen molar-refractivity contribution in [3.05, 3.63) is 11.9 Å². The number of unbranched alkanes of at least 4 members (excludes halogenated alkanes) is 1. The Morgan fingerprint density at radius 2 is 2.36 bits per heavy atom. The summed E-state index contributed by atoms with van der Waals surface area (Å²) in [5.74, 6) is 0.608. The van der Waals surface area contributed by atoms with Crippen molar-refractivity contribution in [2.75, 3.05) is 5.73 Å². The van der Waals surface area contributed by atoms with Gasteiger partial charge < -0.3 is 10.3 Å². The number of nitrogens with two attached hydrogens (primary N) is 1. The first-order chi connectivity index (χ1) is 5.25. The maximum absolute atomic E-state index is 5.56. The van der Waals surface area contributed by atoms with Crippen LogP contribution in [0.4, 0.5) is 5.95 Å². The van der Waals surface area contributed by atoms with Crippen LogP contribution in [0, 0.1) is 0 Å². The lowest BCUT2D eigenvalue weighted by molar-refractivity contribution is 0.737. The minimum absolute atomic E-state index is 0.608. The first-order valence-corrected chi connectivity index (χ1v) is 4.01. The van der Waals surface area contributed by atoms with Gasteiger partial charge in [-0.2, -0.15) is 0 Å². The molecular weight excluding hydrogens is 138 g/mol. The summed E-state index contributed by atoms with van der Waals surface area (Å²) in [7, 11) is 1.95. The van der Waals surface area contributed by atoms with Gasteiger partial charge in [-0.15, -0.1) is 0 Å². The van der Waals surface area contributed by atoms with Gasteiger partial charge in [-0.1, -0.05) is 13.3 Å². The summed E-state index contributed by atoms with van der Waals surface area (Å²) in [5, 5.41) is 0. The molecule has 0 spiro atoms. The lowest BCUT2D eigenvalue weighted by Gasteiger charge is -2.00. The lowest BCUT2D eigenvalue weighted by Crippen LogP contribution is -2.00. The number of nitrogen functional groups attached to an aromatic ring is 1. The van der Waals surface area contributed by atoms with E-state index in [2.05, 4.69) is 11.9 Å². The zero-order valence-electron chi connectivity index (χ0n) is 7.17. The van der Waals surface area contributed by atoms with Gasteiger partial charge in [-0.25, -0.2) is 4.98 Å². The number of nitrogens with zero attached hydrogens (tertiary/aromatic N) is 2. The van der Waals surface area contributed by atoms with Crippen LogP contribution < -0.4 is 5.73 Å². The third-order valence-electron chi connectivity index (χ3n) is 1.91. The molecule has 3 heteroatoms. The summed E-state index contributed by atoms with van der Waals surface area (Å²) in [6.45, 7) is 2.18. The van der Waals surface area contributed by atoms with E-state index < -0.39 is 0 Å². The van der Waals surface area contributed by atoms with Crippen molar-refractivity contribution in [2.24, 2.45) is 7.05 Å². The molecule has 0 unspecified atom stereocenters. The van der Waals surface area contributed by atoms with Crippen molar-refractivity contribution in [2.45, 2.75) is 26.2 Å². The average Bonchev–Trinajstić information content (AvgIpc) is 2.31. The molecule has 1 heterocycles. The van der Waals surface area contributed by atoms with Crippen molar-refractivity contribution < 1.29 is 0 Å². The lowest BCUT2D eigenvalue weighted by atomic mass is 10.2. The molecule has 11 heavy (non-hydrogen) atoms. The quantitative estimate of drug-likeness (QED) is 0.712. The standard InChI is InChI=1S/C8H15N3/c1-3-4-5-7-6-10-8(9)11(7)2/h6H,3-5H2,1-2H3,(H2,9,10). The molecule has 0 aliphatic carbocycles. The molecular formula is C8H15N3. The van der Waals surface area contributed by atoms with Gasteiger partial charge in [0, 0.05) is 12.7 Å². The third kappa shape index (κ3) is 1.73. The summed E-state index contributed by atoms with van der Waals surface area (Å²) < 4.78 is 1.94. The van der Waals surface area contributed by atoms with Gasteiger partial charge in [-0.05, 0) is 12.8 Å². The second kappa shape index (κ2) is 3.42. The topological polar surface area (TPSA) is 43.8 Å². The molecule has 0 atom stereocenters. The highest BCUT2D eigenvalue weighted by atomic mass is 15.1. The highest BCUT2D eigenvalue weighted by molar-refractivity contribution is 5.21. The normalized spacial score (nSPS) is 10.4. The third-order valence-corrected chi connectivity index (χ3v) is 1.91. The predicted molar refractivity (Wildman–Crippen MR) is 46.2 cm³/mol. The van der Waals surface area contributed by atoms with E-state index in [1.165, 1.54) is 18.5 Å². The van der Waals surface area contributed by atoms with Crippen LogP contribution >= 0.6 is 0 Å². The highest BCUT2D eigenvalue weighted by Gasteiger charge is 2.00. The van der Waals surface area contributed by atoms with Gasteiger partial charge >= 0.3 is 0 Å². The fourth-order valence-electron chi connectivity index (χ4n) is 1.05. The van der Waals surface area contributed by atoms with Crippen molar-refractivity contribution in [3.8, 4) is 0 Å². The fourth-order valence-corrected chi connectivity index (χ4v) is 1.05. The Bertz CT molecular complexity index is 227. The SMILES string of the molecule is CCCCc1cnc(N)n1C. The van der Waals surface area contributed by atoms with E-state index in [1.807, 2.05) is 17.8 Å². The van der Waals surface area contributed by atoms with Gasteiger partial charge in [-0.3, -0.25) is 0 Å². The Morgan fingerprint density at radius 3 is 2.82 bits per heavy atom. The second-order valence-electron chi connectivity index (χ2n) is 2.77. The van der Waals surface area contributed by atoms with Crippen LogP contribution in [0.5, 0.6) is 0 Å². The van der Waals surface area contributed by atoms with Crippen LogP contribution in [-0.2, 0) is 13.5 Å². The molecule has 0 aliphatic heterocycles. The molecule has 0 amide bonds. The van der Waals surface area contributed by atoms with Gasteiger partial charge in [0.15, 0.2) is 5.95 Å². The molecule has 0 aromatic carbocycles. The van der Waals surface area contributed by atoms with Crippen LogP contribution in [0.1, 0.15) is 25.5 Å². The number of imidazole rings is 1. The predicted octanol–water partition coefficient (Wildman–Crippen LogP) is 1.34. The smallest absolute Gasteiger partial charge is 0.200 e. The maximum Gasteiger partial charge on any atom is 0.200 e. The molecule has 1 aromatic heterocycles. The van der Waals surface area contributed by atoms with Crippen molar-refractivity contribution >= 4 is 5.95 Å². The van der Waals surface area contributed by atoms with Crippen LogP contribution in [0.3, 0.4) is 0 Å². The maximum atomic E-state index is 5.56. The summed E-state index contributed by atoms with van der Waals surface area (Å²) >= 11 is 0. The van der Waals surface area contributed by atoms with E-state index in [0.717, 1.165) is 6.42 Å². The number of rotatable bonds is 3. The van der Waals surface area contributed by atoms with Crippen molar-refractivity contribution in [3.63, 3.8) is 0 Å². The first-order valence-electron chi connectivity index (χ1n) is 4.01. The fraction of sp³-hybridized carbons (Fsp3) is 0.625. The highest BCUT2D eigenvalue weighted by Crippen LogP contribution is 2.07. The Morgan fingerprint density at radius 1 is 1.64 bits per heavy atom. The molecule has 62 valence electrons. The molecule has 0 aliphatic rings. The van der Waals surface area contributed by atoms with Crippen LogP contribution in [-0.4, -0.2) is 9.55 Å². The largest absolute Gasteiger partial charge is 0.369 e. The Labute approximate surface area is 67.2 Å². The molecule has 1 aromatic rings. The van der Waals surface area contributed by atoms with Crippen molar-refractivity contribution in [1.82, 2.24) is 9.55 Å². The molecule has 0 saturated heterocycles. The van der Waals surface area contributed by atoms with E-state index in [9.17, 15) is 0 Å². The zero-order chi connectivity index (χ0) is 8.27. The summed E-state index contributed by atoms with van der Waals surface area (Å²) in [6.07, 6.45) is 5.35. The average molecular weight is 153 g/mol. The van der Waals surface area contributed by atoms with Gasteiger partial charge in [0.1, 0.15) is 0 Å². The monoisotopic (exact) mass is 153 g/mol. The first kappa shape index (κ1) is 8.11. The molecule has 1 rings (SSSR count). The van der Waals surface area contributed by atoms with Crippen molar-refractivity contribution in [1.29, 1.82) is 0 Å². The molecule has 0 fully saturated rings. The van der Waals surface area contributed by atoms with Crippen LogP contribution in [0.2, 0.25) is 0 Å². The Hall–Kier alpha value is -0.990. The summed E-state index contributed by atoms with van der Waals surface area (Å²) in [5.41, 5.74) is 6.79. The second-order valence-corrected chi connectivity index (χ2v) is 2.77. The molecule has 2 N–H and O–H groups in total. The molecule has 0 bridgehead atoms. The van der Waals surface area contributed by atoms with Gasteiger partial charge in [0.2, 0.25) is 0 Å². The van der Waals surface area contributed by atoms with E-state index in [0.29, 0.717) is 5.95 Å². The minimum Gasteiger partial charge on any atom is -0.369 e. The zero-order valence-corrected chi connectivity index (χ0v) is 7.17. The van der Waals surface area contributed by atoms with Gasteiger partial charge in [0.25, 0.3) is 0 Å². The number of aryl methyl sites for hydroxylation is 1. The molecule has 3 nitrogen and oxygen atoms in total. The number of aromatic nitrogens is 2. The van der Waals surface area contributed by atoms with E-state index in [4.69, 9.17) is 5.73 Å². The Kier molecular flexibility index (Phi) is 2.52. The number of anilines is 1. The van der Waals surface area contributed by atoms with Gasteiger partial charge in [0.05, 0.1) is 6.20 Å². The number of hydrogen-bond donors (Lipinski definition) is 1. The summed E-state index contributed by atoms with van der Waals surface area (Å²) in [4.78, 5) is 4.01.